The molecule has 7 heteroatoms. The summed E-state index contributed by atoms with van der Waals surface area (Å²) in [5, 5.41) is 10.1. The van der Waals surface area contributed by atoms with Crippen molar-refractivity contribution in [2.45, 2.75) is 63.6 Å². The summed E-state index contributed by atoms with van der Waals surface area (Å²) in [6.07, 6.45) is -0.351. The predicted molar refractivity (Wildman–Crippen MR) is 151 cm³/mol. The van der Waals surface area contributed by atoms with Crippen LogP contribution in [0.1, 0.15) is 43.9 Å². The van der Waals surface area contributed by atoms with Crippen LogP contribution in [-0.2, 0) is 32.9 Å². The van der Waals surface area contributed by atoms with Gasteiger partial charge in [0, 0.05) is 29.6 Å². The van der Waals surface area contributed by atoms with Crippen LogP contribution in [0.25, 0.3) is 0 Å². The fraction of sp³-hybridized carbons (Fsp3) is 0.394. The van der Waals surface area contributed by atoms with Gasteiger partial charge < -0.3 is 14.7 Å². The quantitative estimate of drug-likeness (QED) is 0.475. The minimum absolute atomic E-state index is 0.0798. The number of hydrogen-bond acceptors (Lipinski definition) is 4. The molecule has 3 aliphatic heterocycles. The standard InChI is InChI=1S/C33H35FN2O4/c1-21-30(32(2,3)34)28(18-29(38)35-19-23-12-8-7-11-22(23)17-25(35)20-37)40-33(21)26-15-9-10-16-27(26)36(31(33)39)24-13-5-4-6-14-24/h4-16,21,25,28,30,37H,17-20H2,1-3H3/t21-,25-,28+,30-,33+/m0/s1. The van der Waals surface area contributed by atoms with E-state index < -0.39 is 29.2 Å². The summed E-state index contributed by atoms with van der Waals surface area (Å²) in [7, 11) is 0. The Morgan fingerprint density at radius 3 is 2.38 bits per heavy atom. The lowest BCUT2D eigenvalue weighted by atomic mass is 9.71. The van der Waals surface area contributed by atoms with Gasteiger partial charge in [0.15, 0.2) is 5.60 Å². The van der Waals surface area contributed by atoms with Crippen LogP contribution in [0.3, 0.4) is 0 Å². The van der Waals surface area contributed by atoms with Gasteiger partial charge in [-0.15, -0.1) is 0 Å². The lowest BCUT2D eigenvalue weighted by Gasteiger charge is -2.37. The first-order valence-corrected chi connectivity index (χ1v) is 14.0. The number of aliphatic hydroxyl groups excluding tert-OH is 1. The van der Waals surface area contributed by atoms with Crippen molar-refractivity contribution >= 4 is 23.2 Å². The summed E-state index contributed by atoms with van der Waals surface area (Å²) in [6, 6.07) is 24.4. The molecule has 1 saturated heterocycles. The van der Waals surface area contributed by atoms with Crippen LogP contribution in [0.2, 0.25) is 0 Å². The van der Waals surface area contributed by atoms with E-state index in [1.165, 1.54) is 13.8 Å². The molecule has 3 aromatic rings. The van der Waals surface area contributed by atoms with Gasteiger partial charge in [0.2, 0.25) is 5.91 Å². The Labute approximate surface area is 234 Å². The number of benzene rings is 3. The summed E-state index contributed by atoms with van der Waals surface area (Å²) < 4.78 is 22.7. The number of nitrogens with zero attached hydrogens (tertiary/aromatic N) is 2. The number of fused-ring (bicyclic) bond motifs is 3. The first-order valence-electron chi connectivity index (χ1n) is 14.0. The number of amides is 2. The number of anilines is 2. The van der Waals surface area contributed by atoms with E-state index in [-0.39, 0.29) is 30.9 Å². The third-order valence-corrected chi connectivity index (χ3v) is 9.05. The van der Waals surface area contributed by atoms with Crippen LogP contribution in [0.15, 0.2) is 78.9 Å². The number of carbonyl (C=O) groups excluding carboxylic acids is 2. The second-order valence-corrected chi connectivity index (χ2v) is 11.8. The average molecular weight is 543 g/mol. The Bertz CT molecular complexity index is 1440. The molecule has 3 aromatic carbocycles. The third kappa shape index (κ3) is 4.06. The highest BCUT2D eigenvalue weighted by molar-refractivity contribution is 6.12. The number of rotatable bonds is 5. The van der Waals surface area contributed by atoms with E-state index in [4.69, 9.17) is 4.74 Å². The molecular formula is C33H35FN2O4. The maximum atomic E-state index is 16.0. The van der Waals surface area contributed by atoms with E-state index in [1.807, 2.05) is 85.8 Å². The van der Waals surface area contributed by atoms with Crippen LogP contribution in [0.5, 0.6) is 0 Å². The molecule has 3 aliphatic rings. The number of ether oxygens (including phenoxy) is 1. The van der Waals surface area contributed by atoms with Gasteiger partial charge in [-0.25, -0.2) is 4.39 Å². The van der Waals surface area contributed by atoms with Gasteiger partial charge in [0.05, 0.1) is 30.9 Å². The number of hydrogen-bond donors (Lipinski definition) is 1. The van der Waals surface area contributed by atoms with Crippen LogP contribution < -0.4 is 4.90 Å². The van der Waals surface area contributed by atoms with Gasteiger partial charge in [-0.3, -0.25) is 14.5 Å². The third-order valence-electron chi connectivity index (χ3n) is 9.05. The lowest BCUT2D eigenvalue weighted by Crippen LogP contribution is -2.48. The molecular weight excluding hydrogens is 507 g/mol. The Morgan fingerprint density at radius 1 is 1.02 bits per heavy atom. The fourth-order valence-corrected chi connectivity index (χ4v) is 7.29. The Balaban J connectivity index is 1.37. The van der Waals surface area contributed by atoms with E-state index in [9.17, 15) is 14.7 Å². The molecule has 0 bridgehead atoms. The number of halogens is 1. The lowest BCUT2D eigenvalue weighted by molar-refractivity contribution is -0.151. The van der Waals surface area contributed by atoms with Gasteiger partial charge in [0.1, 0.15) is 5.67 Å². The zero-order chi connectivity index (χ0) is 28.2. The zero-order valence-corrected chi connectivity index (χ0v) is 23.1. The van der Waals surface area contributed by atoms with E-state index >= 15 is 4.39 Å². The Morgan fingerprint density at radius 2 is 1.68 bits per heavy atom. The molecule has 6 nitrogen and oxygen atoms in total. The molecule has 2 amide bonds. The highest BCUT2D eigenvalue weighted by Gasteiger charge is 2.66. The molecule has 1 spiro atoms. The van der Waals surface area contributed by atoms with E-state index in [0.29, 0.717) is 29.9 Å². The van der Waals surface area contributed by atoms with Gasteiger partial charge in [-0.1, -0.05) is 67.6 Å². The topological polar surface area (TPSA) is 70.1 Å². The molecule has 1 fully saturated rings. The normalized spacial score (nSPS) is 27.7. The molecule has 208 valence electrons. The summed E-state index contributed by atoms with van der Waals surface area (Å²) in [5.74, 6) is -1.73. The number of alkyl halides is 1. The van der Waals surface area contributed by atoms with E-state index in [0.717, 1.165) is 11.1 Å². The van der Waals surface area contributed by atoms with Crippen LogP contribution in [0.4, 0.5) is 15.8 Å². The molecule has 40 heavy (non-hydrogen) atoms. The van der Waals surface area contributed by atoms with Gasteiger partial charge in [0.25, 0.3) is 5.91 Å². The van der Waals surface area contributed by atoms with Crippen LogP contribution >= 0.6 is 0 Å². The highest BCUT2D eigenvalue weighted by Crippen LogP contribution is 2.59. The van der Waals surface area contributed by atoms with Crippen molar-refractivity contribution in [2.24, 2.45) is 11.8 Å². The minimum atomic E-state index is -1.71. The SMILES string of the molecule is C[C@H]1[C@H](C(C)(C)F)[C@@H](CC(=O)N2Cc3ccccc3C[C@H]2CO)O[C@]12C(=O)N(c1ccccc1)c1ccccc12. The van der Waals surface area contributed by atoms with E-state index in [2.05, 4.69) is 0 Å². The summed E-state index contributed by atoms with van der Waals surface area (Å²) in [5.41, 5.74) is 1.14. The highest BCUT2D eigenvalue weighted by atomic mass is 19.1. The van der Waals surface area contributed by atoms with Gasteiger partial charge in [-0.05, 0) is 49.6 Å². The predicted octanol–water partition coefficient (Wildman–Crippen LogP) is 5.30. The van der Waals surface area contributed by atoms with Crippen molar-refractivity contribution in [1.29, 1.82) is 0 Å². The van der Waals surface area contributed by atoms with Crippen LogP contribution in [0, 0.1) is 11.8 Å². The fourth-order valence-electron chi connectivity index (χ4n) is 7.29. The Hall–Kier alpha value is -3.55. The van der Waals surface area contributed by atoms with Crippen molar-refractivity contribution in [3.05, 3.63) is 95.6 Å². The number of aliphatic hydroxyl groups is 1. The zero-order valence-electron chi connectivity index (χ0n) is 23.1. The van der Waals surface area contributed by atoms with Crippen molar-refractivity contribution in [3.8, 4) is 0 Å². The molecule has 5 atom stereocenters. The summed E-state index contributed by atoms with van der Waals surface area (Å²) in [6.45, 7) is 5.08. The van der Waals surface area contributed by atoms with E-state index in [1.54, 1.807) is 9.80 Å². The first-order chi connectivity index (χ1) is 19.2. The van der Waals surface area contributed by atoms with Crippen molar-refractivity contribution < 1.29 is 23.8 Å². The summed E-state index contributed by atoms with van der Waals surface area (Å²) >= 11 is 0. The van der Waals surface area contributed by atoms with Crippen molar-refractivity contribution in [2.75, 3.05) is 11.5 Å². The Kier molecular flexibility index (Phi) is 6.55. The molecule has 0 aliphatic carbocycles. The number of para-hydroxylation sites is 2. The second-order valence-electron chi connectivity index (χ2n) is 11.8. The molecule has 6 rings (SSSR count). The maximum Gasteiger partial charge on any atom is 0.268 e. The molecule has 1 N–H and O–H groups in total. The van der Waals surface area contributed by atoms with Crippen LogP contribution in [-0.4, -0.2) is 46.2 Å². The molecule has 0 saturated carbocycles. The second kappa shape index (κ2) is 9.82. The first kappa shape index (κ1) is 26.7. The minimum Gasteiger partial charge on any atom is -0.394 e. The summed E-state index contributed by atoms with van der Waals surface area (Å²) in [4.78, 5) is 31.6. The van der Waals surface area contributed by atoms with Crippen molar-refractivity contribution in [3.63, 3.8) is 0 Å². The smallest absolute Gasteiger partial charge is 0.268 e. The number of carbonyl (C=O) groups is 2. The molecule has 0 unspecified atom stereocenters. The molecule has 0 aromatic heterocycles. The molecule has 3 heterocycles. The van der Waals surface area contributed by atoms with Gasteiger partial charge >= 0.3 is 0 Å². The average Bonchev–Trinajstić information content (AvgIpc) is 3.38. The maximum absolute atomic E-state index is 16.0. The van der Waals surface area contributed by atoms with Gasteiger partial charge in [-0.2, -0.15) is 0 Å². The molecule has 0 radical (unpaired) electrons. The largest absolute Gasteiger partial charge is 0.394 e. The van der Waals surface area contributed by atoms with Crippen molar-refractivity contribution in [1.82, 2.24) is 4.90 Å². The monoisotopic (exact) mass is 542 g/mol.